The van der Waals surface area contributed by atoms with Gasteiger partial charge in [0.2, 0.25) is 0 Å². The summed E-state index contributed by atoms with van der Waals surface area (Å²) in [6.45, 7) is 2.48. The van der Waals surface area contributed by atoms with Crippen LogP contribution in [-0.4, -0.2) is 58.3 Å². The monoisotopic (exact) mass is 374 g/mol. The summed E-state index contributed by atoms with van der Waals surface area (Å²) in [5.41, 5.74) is 4.06. The molecule has 0 atom stereocenters. The molecule has 9 nitrogen and oxygen atoms in total. The number of anilines is 2. The minimum absolute atomic E-state index is 0.0919. The van der Waals surface area contributed by atoms with Crippen molar-refractivity contribution in [2.75, 3.05) is 36.1 Å². The van der Waals surface area contributed by atoms with Crippen LogP contribution in [0.2, 0.25) is 0 Å². The molecule has 2 fully saturated rings. The molecule has 1 saturated carbocycles. The van der Waals surface area contributed by atoms with E-state index in [1.54, 1.807) is 0 Å². The summed E-state index contributed by atoms with van der Waals surface area (Å²) in [4.78, 5) is 23.5. The first-order valence-electron chi connectivity index (χ1n) is 7.36. The van der Waals surface area contributed by atoms with Crippen molar-refractivity contribution in [3.8, 4) is 0 Å². The number of rotatable bonds is 6. The fraction of sp³-hybridized carbons (Fsp3) is 0.538. The minimum atomic E-state index is -1.36. The van der Waals surface area contributed by atoms with Gasteiger partial charge in [0.1, 0.15) is 15.6 Å². The molecule has 1 aliphatic heterocycles. The Morgan fingerprint density at radius 2 is 2.08 bits per heavy atom. The van der Waals surface area contributed by atoms with Crippen molar-refractivity contribution in [3.05, 3.63) is 11.6 Å². The third-order valence-electron chi connectivity index (χ3n) is 3.71. The molecule has 24 heavy (non-hydrogen) atoms. The summed E-state index contributed by atoms with van der Waals surface area (Å²) in [7, 11) is 0. The Morgan fingerprint density at radius 1 is 1.42 bits per heavy atom. The van der Waals surface area contributed by atoms with E-state index in [4.69, 9.17) is 10.5 Å². The molecule has 2 heterocycles. The molecule has 2 aliphatic rings. The van der Waals surface area contributed by atoms with E-state index in [2.05, 4.69) is 5.32 Å². The summed E-state index contributed by atoms with van der Waals surface area (Å²) < 4.78 is 8.07. The molecule has 1 aliphatic carbocycles. The molecule has 0 unspecified atom stereocenters. The zero-order chi connectivity index (χ0) is 17.3. The van der Waals surface area contributed by atoms with Crippen molar-refractivity contribution in [1.29, 1.82) is 0 Å². The summed E-state index contributed by atoms with van der Waals surface area (Å²) in [6, 6.07) is 1.41. The number of hydrogen-bond acceptors (Lipinski definition) is 9. The molecule has 1 saturated heterocycles. The van der Waals surface area contributed by atoms with Crippen LogP contribution in [0.25, 0.3) is 0 Å². The van der Waals surface area contributed by atoms with E-state index >= 15 is 0 Å². The van der Waals surface area contributed by atoms with Gasteiger partial charge < -0.3 is 20.9 Å². The van der Waals surface area contributed by atoms with Gasteiger partial charge in [0.25, 0.3) is 11.8 Å². The van der Waals surface area contributed by atoms with E-state index in [-0.39, 0.29) is 10.6 Å². The molecule has 1 aromatic heterocycles. The van der Waals surface area contributed by atoms with E-state index in [1.807, 2.05) is 4.31 Å². The number of morpholine rings is 1. The molecular formula is C13H18N4O5S2. The first-order chi connectivity index (χ1) is 11.4. The predicted octanol–water partition coefficient (Wildman–Crippen LogP) is 0.401. The van der Waals surface area contributed by atoms with Gasteiger partial charge in [-0.05, 0) is 18.9 Å². The molecule has 0 spiro atoms. The SMILES string of the molecule is NC(=O)c1cc(N(O)SN2CCOCC2)sc1NC(=O)C1(O)CC1. The summed E-state index contributed by atoms with van der Waals surface area (Å²) >= 11 is 2.09. The molecule has 3 rings (SSSR count). The lowest BCUT2D eigenvalue weighted by Gasteiger charge is -2.27. The quantitative estimate of drug-likeness (QED) is 0.416. The van der Waals surface area contributed by atoms with Crippen LogP contribution >= 0.6 is 23.5 Å². The lowest BCUT2D eigenvalue weighted by molar-refractivity contribution is -0.125. The van der Waals surface area contributed by atoms with Gasteiger partial charge in [-0.3, -0.25) is 14.8 Å². The van der Waals surface area contributed by atoms with Gasteiger partial charge in [0.15, 0.2) is 0 Å². The second kappa shape index (κ2) is 6.86. The Morgan fingerprint density at radius 3 is 2.67 bits per heavy atom. The van der Waals surface area contributed by atoms with Crippen LogP contribution in [0.1, 0.15) is 23.2 Å². The molecule has 0 radical (unpaired) electrons. The maximum Gasteiger partial charge on any atom is 0.256 e. The normalized spacial score (nSPS) is 19.8. The Hall–Kier alpha value is -1.37. The van der Waals surface area contributed by atoms with Crippen molar-refractivity contribution in [2.45, 2.75) is 18.4 Å². The number of nitrogens with one attached hydrogen (secondary N) is 1. The number of amides is 2. The highest BCUT2D eigenvalue weighted by Gasteiger charge is 2.48. The van der Waals surface area contributed by atoms with Crippen molar-refractivity contribution < 1.29 is 24.6 Å². The first kappa shape index (κ1) is 17.5. The second-order valence-electron chi connectivity index (χ2n) is 5.57. The lowest BCUT2D eigenvalue weighted by Crippen LogP contribution is -2.33. The lowest BCUT2D eigenvalue weighted by atomic mass is 10.2. The highest BCUT2D eigenvalue weighted by molar-refractivity contribution is 7.98. The van der Waals surface area contributed by atoms with E-state index in [0.29, 0.717) is 44.1 Å². The number of thiophene rings is 1. The van der Waals surface area contributed by atoms with Crippen LogP contribution in [0.15, 0.2) is 6.07 Å². The van der Waals surface area contributed by atoms with Crippen LogP contribution in [0.5, 0.6) is 0 Å². The maximum atomic E-state index is 12.0. The largest absolute Gasteiger partial charge is 0.380 e. The van der Waals surface area contributed by atoms with E-state index in [1.165, 1.54) is 6.07 Å². The molecule has 0 aromatic carbocycles. The summed E-state index contributed by atoms with van der Waals surface area (Å²) in [5, 5.41) is 23.1. The average molecular weight is 374 g/mol. The number of carbonyl (C=O) groups is 2. The Labute approximate surface area is 146 Å². The van der Waals surface area contributed by atoms with E-state index in [0.717, 1.165) is 27.9 Å². The van der Waals surface area contributed by atoms with Gasteiger partial charge in [-0.25, -0.2) is 4.31 Å². The van der Waals surface area contributed by atoms with Crippen molar-refractivity contribution in [1.82, 2.24) is 4.31 Å². The highest BCUT2D eigenvalue weighted by Crippen LogP contribution is 2.40. The van der Waals surface area contributed by atoms with Crippen LogP contribution < -0.4 is 15.5 Å². The number of primary amides is 1. The number of aliphatic hydroxyl groups is 1. The van der Waals surface area contributed by atoms with Crippen LogP contribution in [0, 0.1) is 0 Å². The Bertz CT molecular complexity index is 642. The van der Waals surface area contributed by atoms with Crippen molar-refractivity contribution in [2.24, 2.45) is 5.73 Å². The number of carbonyl (C=O) groups excluding carboxylic acids is 2. The van der Waals surface area contributed by atoms with E-state index < -0.39 is 17.4 Å². The molecule has 1 aromatic rings. The first-order valence-corrected chi connectivity index (χ1v) is 8.91. The number of hydrogen-bond donors (Lipinski definition) is 4. The summed E-state index contributed by atoms with van der Waals surface area (Å²) in [5.74, 6) is -1.29. The van der Waals surface area contributed by atoms with Gasteiger partial charge in [0, 0.05) is 13.1 Å². The third-order valence-corrected chi connectivity index (χ3v) is 5.80. The second-order valence-corrected chi connectivity index (χ2v) is 7.63. The van der Waals surface area contributed by atoms with Gasteiger partial charge in [-0.2, -0.15) is 4.47 Å². The molecule has 5 N–H and O–H groups in total. The highest BCUT2D eigenvalue weighted by atomic mass is 32.2. The Kier molecular flexibility index (Phi) is 4.99. The fourth-order valence-electron chi connectivity index (χ4n) is 2.09. The van der Waals surface area contributed by atoms with Crippen LogP contribution in [0.3, 0.4) is 0 Å². The third kappa shape index (κ3) is 3.82. The average Bonchev–Trinajstić information content (AvgIpc) is 3.16. The Balaban J connectivity index is 1.72. The van der Waals surface area contributed by atoms with Gasteiger partial charge >= 0.3 is 0 Å². The smallest absolute Gasteiger partial charge is 0.256 e. The number of ether oxygens (including phenoxy) is 1. The van der Waals surface area contributed by atoms with Crippen molar-refractivity contribution >= 4 is 45.3 Å². The van der Waals surface area contributed by atoms with Gasteiger partial charge in [0.05, 0.1) is 30.9 Å². The number of nitrogens with two attached hydrogens (primary N) is 1. The zero-order valence-corrected chi connectivity index (χ0v) is 14.4. The molecule has 2 amide bonds. The number of nitrogens with zero attached hydrogens (tertiary/aromatic N) is 2. The molecule has 0 bridgehead atoms. The van der Waals surface area contributed by atoms with Gasteiger partial charge in [-0.1, -0.05) is 11.3 Å². The van der Waals surface area contributed by atoms with E-state index in [9.17, 15) is 19.9 Å². The standard InChI is InChI=1S/C13H18N4O5S2/c14-10(18)8-7-9(17(21)24-16-3-5-22-6-4-16)23-11(8)15-12(19)13(20)1-2-13/h7,20-21H,1-6H2,(H2,14,18)(H,15,19). The molecule has 11 heteroatoms. The van der Waals surface area contributed by atoms with Crippen LogP contribution in [-0.2, 0) is 9.53 Å². The topological polar surface area (TPSA) is 128 Å². The summed E-state index contributed by atoms with van der Waals surface area (Å²) in [6.07, 6.45) is 0.782. The molecular weight excluding hydrogens is 356 g/mol. The maximum absolute atomic E-state index is 12.0. The van der Waals surface area contributed by atoms with Gasteiger partial charge in [-0.15, -0.1) is 0 Å². The van der Waals surface area contributed by atoms with Crippen molar-refractivity contribution in [3.63, 3.8) is 0 Å². The zero-order valence-electron chi connectivity index (χ0n) is 12.7. The molecule has 132 valence electrons. The van der Waals surface area contributed by atoms with Crippen LogP contribution in [0.4, 0.5) is 10.0 Å². The predicted molar refractivity (Wildman–Crippen MR) is 89.9 cm³/mol. The fourth-order valence-corrected chi connectivity index (χ4v) is 3.84. The minimum Gasteiger partial charge on any atom is -0.380 e.